The van der Waals surface area contributed by atoms with E-state index in [1.807, 2.05) is 0 Å². The van der Waals surface area contributed by atoms with E-state index in [1.54, 1.807) is 0 Å². The number of nitrogens with one attached hydrogen (secondary N) is 1. The summed E-state index contributed by atoms with van der Waals surface area (Å²) in [7, 11) is 0. The topological polar surface area (TPSA) is 52.6 Å². The fourth-order valence-corrected chi connectivity index (χ4v) is 4.41. The van der Waals surface area contributed by atoms with Crippen molar-refractivity contribution in [1.82, 2.24) is 10.2 Å². The molecule has 1 saturated heterocycles. The van der Waals surface area contributed by atoms with Crippen LogP contribution in [0.3, 0.4) is 0 Å². The van der Waals surface area contributed by atoms with Crippen molar-refractivity contribution in [2.45, 2.75) is 69.9 Å². The van der Waals surface area contributed by atoms with E-state index in [-0.39, 0.29) is 23.8 Å². The van der Waals surface area contributed by atoms with Gasteiger partial charge in [0.05, 0.1) is 12.0 Å². The van der Waals surface area contributed by atoms with Crippen LogP contribution in [0.2, 0.25) is 0 Å². The van der Waals surface area contributed by atoms with Crippen molar-refractivity contribution in [1.29, 1.82) is 0 Å². The number of carbonyl (C=O) groups excluding carboxylic acids is 1. The van der Waals surface area contributed by atoms with Crippen LogP contribution in [0.25, 0.3) is 0 Å². The van der Waals surface area contributed by atoms with Gasteiger partial charge in [-0.05, 0) is 38.6 Å². The maximum Gasteiger partial charge on any atom is 0.224 e. The number of aliphatic hydroxyl groups is 1. The van der Waals surface area contributed by atoms with Crippen LogP contribution < -0.4 is 5.32 Å². The molecule has 0 aromatic carbocycles. The summed E-state index contributed by atoms with van der Waals surface area (Å²) < 4.78 is 0. The Morgan fingerprint density at radius 3 is 2.57 bits per heavy atom. The summed E-state index contributed by atoms with van der Waals surface area (Å²) >= 11 is 0. The second kappa shape index (κ2) is 7.10. The smallest absolute Gasteiger partial charge is 0.224 e. The van der Waals surface area contributed by atoms with Gasteiger partial charge in [-0.2, -0.15) is 0 Å². The fraction of sp³-hybridized carbons (Fsp3) is 0.941. The monoisotopic (exact) mass is 294 g/mol. The molecule has 21 heavy (non-hydrogen) atoms. The molecular weight excluding hydrogens is 264 g/mol. The summed E-state index contributed by atoms with van der Waals surface area (Å²) in [6, 6.07) is 0.730. The quantitative estimate of drug-likeness (QED) is 0.833. The zero-order chi connectivity index (χ0) is 14.7. The van der Waals surface area contributed by atoms with Crippen LogP contribution in [0.15, 0.2) is 0 Å². The minimum Gasteiger partial charge on any atom is -0.393 e. The third kappa shape index (κ3) is 3.78. The summed E-state index contributed by atoms with van der Waals surface area (Å²) in [5.41, 5.74) is 0. The number of aliphatic hydroxyl groups excluding tert-OH is 1. The first kappa shape index (κ1) is 15.3. The van der Waals surface area contributed by atoms with Crippen molar-refractivity contribution in [2.75, 3.05) is 19.6 Å². The molecule has 1 amide bonds. The van der Waals surface area contributed by atoms with Crippen LogP contribution in [0, 0.1) is 11.8 Å². The SMILES string of the molecule is O=C(NCC1CCCC1O)C1CCN(C2CCCCC2)C1. The molecule has 3 atom stereocenters. The number of likely N-dealkylation sites (tertiary alicyclic amines) is 1. The normalized spacial score (nSPS) is 35.2. The van der Waals surface area contributed by atoms with Gasteiger partial charge in [-0.3, -0.25) is 9.69 Å². The molecule has 3 aliphatic rings. The van der Waals surface area contributed by atoms with Gasteiger partial charge in [0.25, 0.3) is 0 Å². The predicted octanol–water partition coefficient (Wildman–Crippen LogP) is 1.92. The number of rotatable bonds is 4. The molecule has 2 aliphatic carbocycles. The molecule has 0 bridgehead atoms. The Morgan fingerprint density at radius 1 is 1.05 bits per heavy atom. The lowest BCUT2D eigenvalue weighted by molar-refractivity contribution is -0.125. The third-order valence-electron chi connectivity index (χ3n) is 5.84. The largest absolute Gasteiger partial charge is 0.393 e. The molecule has 3 fully saturated rings. The molecule has 1 heterocycles. The first-order valence-corrected chi connectivity index (χ1v) is 8.94. The predicted molar refractivity (Wildman–Crippen MR) is 82.9 cm³/mol. The maximum atomic E-state index is 12.3. The van der Waals surface area contributed by atoms with Crippen LogP contribution in [-0.2, 0) is 4.79 Å². The van der Waals surface area contributed by atoms with Crippen molar-refractivity contribution < 1.29 is 9.90 Å². The van der Waals surface area contributed by atoms with Gasteiger partial charge in [0, 0.05) is 25.0 Å². The highest BCUT2D eigenvalue weighted by Gasteiger charge is 2.33. The van der Waals surface area contributed by atoms with E-state index in [9.17, 15) is 9.90 Å². The molecule has 2 N–H and O–H groups in total. The number of amides is 1. The highest BCUT2D eigenvalue weighted by Crippen LogP contribution is 2.28. The molecule has 0 radical (unpaired) electrons. The molecule has 3 rings (SSSR count). The fourth-order valence-electron chi connectivity index (χ4n) is 4.41. The van der Waals surface area contributed by atoms with Crippen LogP contribution in [0.1, 0.15) is 57.8 Å². The van der Waals surface area contributed by atoms with Crippen molar-refractivity contribution in [3.8, 4) is 0 Å². The van der Waals surface area contributed by atoms with Gasteiger partial charge in [0.15, 0.2) is 0 Å². The Balaban J connectivity index is 1.41. The van der Waals surface area contributed by atoms with Crippen LogP contribution >= 0.6 is 0 Å². The molecule has 0 aromatic rings. The van der Waals surface area contributed by atoms with Crippen molar-refractivity contribution >= 4 is 5.91 Å². The molecule has 3 unspecified atom stereocenters. The van der Waals surface area contributed by atoms with E-state index in [2.05, 4.69) is 10.2 Å². The van der Waals surface area contributed by atoms with Gasteiger partial charge >= 0.3 is 0 Å². The van der Waals surface area contributed by atoms with Gasteiger partial charge in [-0.15, -0.1) is 0 Å². The number of carbonyl (C=O) groups is 1. The summed E-state index contributed by atoms with van der Waals surface area (Å²) in [5.74, 6) is 0.669. The van der Waals surface area contributed by atoms with E-state index in [1.165, 1.54) is 32.1 Å². The Bertz CT molecular complexity index is 355. The standard InChI is InChI=1S/C17H30N2O2/c20-16-8-4-5-13(16)11-18-17(21)14-9-10-19(12-14)15-6-2-1-3-7-15/h13-16,20H,1-12H2,(H,18,21). The van der Waals surface area contributed by atoms with Crippen LogP contribution in [0.4, 0.5) is 0 Å². The summed E-state index contributed by atoms with van der Waals surface area (Å²) in [5, 5.41) is 12.9. The van der Waals surface area contributed by atoms with E-state index in [0.29, 0.717) is 6.54 Å². The average Bonchev–Trinajstić information content (AvgIpc) is 3.15. The summed E-state index contributed by atoms with van der Waals surface area (Å²) in [6.45, 7) is 2.71. The van der Waals surface area contributed by atoms with E-state index >= 15 is 0 Å². The highest BCUT2D eigenvalue weighted by atomic mass is 16.3. The molecule has 4 nitrogen and oxygen atoms in total. The van der Waals surface area contributed by atoms with Gasteiger partial charge in [0.1, 0.15) is 0 Å². The van der Waals surface area contributed by atoms with Crippen LogP contribution in [0.5, 0.6) is 0 Å². The number of hydrogen-bond donors (Lipinski definition) is 2. The minimum atomic E-state index is -0.201. The van der Waals surface area contributed by atoms with Gasteiger partial charge in [0.2, 0.25) is 5.91 Å². The maximum absolute atomic E-state index is 12.3. The zero-order valence-corrected chi connectivity index (χ0v) is 13.1. The second-order valence-electron chi connectivity index (χ2n) is 7.28. The first-order valence-electron chi connectivity index (χ1n) is 8.94. The lowest BCUT2D eigenvalue weighted by Gasteiger charge is -2.31. The van der Waals surface area contributed by atoms with Crippen molar-refractivity contribution in [3.63, 3.8) is 0 Å². The van der Waals surface area contributed by atoms with Gasteiger partial charge < -0.3 is 10.4 Å². The van der Waals surface area contributed by atoms with E-state index < -0.39 is 0 Å². The Hall–Kier alpha value is -0.610. The van der Waals surface area contributed by atoms with Gasteiger partial charge in [-0.1, -0.05) is 25.7 Å². The highest BCUT2D eigenvalue weighted by molar-refractivity contribution is 5.79. The summed E-state index contributed by atoms with van der Waals surface area (Å²) in [4.78, 5) is 14.9. The lowest BCUT2D eigenvalue weighted by Crippen LogP contribution is -2.39. The third-order valence-corrected chi connectivity index (χ3v) is 5.84. The van der Waals surface area contributed by atoms with Crippen LogP contribution in [-0.4, -0.2) is 47.7 Å². The summed E-state index contributed by atoms with van der Waals surface area (Å²) in [6.07, 6.45) is 10.6. The lowest BCUT2D eigenvalue weighted by atomic mass is 9.94. The second-order valence-corrected chi connectivity index (χ2v) is 7.28. The zero-order valence-electron chi connectivity index (χ0n) is 13.1. The van der Waals surface area contributed by atoms with E-state index in [0.717, 1.165) is 44.8 Å². The first-order chi connectivity index (χ1) is 10.2. The van der Waals surface area contributed by atoms with Crippen molar-refractivity contribution in [2.24, 2.45) is 11.8 Å². The molecule has 0 spiro atoms. The molecule has 120 valence electrons. The molecule has 0 aromatic heterocycles. The Labute approximate surface area is 128 Å². The Morgan fingerprint density at radius 2 is 1.86 bits per heavy atom. The average molecular weight is 294 g/mol. The Kier molecular flexibility index (Phi) is 5.17. The molecular formula is C17H30N2O2. The molecule has 4 heteroatoms. The van der Waals surface area contributed by atoms with E-state index in [4.69, 9.17) is 0 Å². The minimum absolute atomic E-state index is 0.172. The van der Waals surface area contributed by atoms with Crippen molar-refractivity contribution in [3.05, 3.63) is 0 Å². The molecule has 2 saturated carbocycles. The number of nitrogens with zero attached hydrogens (tertiary/aromatic N) is 1. The number of hydrogen-bond acceptors (Lipinski definition) is 3. The molecule has 1 aliphatic heterocycles. The van der Waals surface area contributed by atoms with Gasteiger partial charge in [-0.25, -0.2) is 0 Å².